The first-order valence-electron chi connectivity index (χ1n) is 11.3. The van der Waals surface area contributed by atoms with Crippen molar-refractivity contribution in [3.05, 3.63) is 98.4 Å². The van der Waals surface area contributed by atoms with Crippen LogP contribution in [0.15, 0.2) is 86.7 Å². The van der Waals surface area contributed by atoms with Crippen LogP contribution in [0.3, 0.4) is 0 Å². The molecule has 0 bridgehead atoms. The fraction of sp³-hybridized carbons (Fsp3) is 0.259. The summed E-state index contributed by atoms with van der Waals surface area (Å²) in [6.45, 7) is 0.520. The minimum absolute atomic E-state index is 0.0835. The standard InChI is InChI=1S/C27H26Br2N2O4/c1-30-26(33)27(17-18-3-9-21(28)10-4-18)24(19-5-11-22(29)12-6-19)35-25(31-27)20-7-13-23(14-8-20)34-16-2-15-32/h3-14,24,32H,2,15-17H2,1H3,(H,30,33)/t24-,27-/m1/s1. The fourth-order valence-electron chi connectivity index (χ4n) is 4.05. The maximum atomic E-state index is 13.5. The van der Waals surface area contributed by atoms with E-state index in [1.54, 1.807) is 7.05 Å². The van der Waals surface area contributed by atoms with Crippen LogP contribution in [-0.4, -0.2) is 42.7 Å². The van der Waals surface area contributed by atoms with Gasteiger partial charge >= 0.3 is 0 Å². The molecule has 0 aliphatic carbocycles. The van der Waals surface area contributed by atoms with Gasteiger partial charge in [-0.05, 0) is 59.7 Å². The maximum Gasteiger partial charge on any atom is 0.252 e. The Morgan fingerprint density at radius 1 is 1.03 bits per heavy atom. The zero-order valence-electron chi connectivity index (χ0n) is 19.2. The second-order valence-electron chi connectivity index (χ2n) is 8.22. The minimum Gasteiger partial charge on any atom is -0.494 e. The molecule has 0 saturated carbocycles. The minimum atomic E-state index is -1.19. The van der Waals surface area contributed by atoms with Crippen LogP contribution in [0.5, 0.6) is 5.75 Å². The lowest BCUT2D eigenvalue weighted by Gasteiger charge is -2.30. The van der Waals surface area contributed by atoms with Crippen molar-refractivity contribution in [2.24, 2.45) is 4.99 Å². The molecule has 35 heavy (non-hydrogen) atoms. The number of aliphatic hydroxyl groups is 1. The molecule has 8 heteroatoms. The number of carbonyl (C=O) groups excluding carboxylic acids is 1. The number of nitrogens with zero attached hydrogens (tertiary/aromatic N) is 1. The van der Waals surface area contributed by atoms with Crippen molar-refractivity contribution in [2.45, 2.75) is 24.5 Å². The highest BCUT2D eigenvalue weighted by Crippen LogP contribution is 2.42. The van der Waals surface area contributed by atoms with E-state index in [1.165, 1.54) is 0 Å². The molecule has 2 N–H and O–H groups in total. The third-order valence-electron chi connectivity index (χ3n) is 5.82. The molecular weight excluding hydrogens is 576 g/mol. The highest BCUT2D eigenvalue weighted by molar-refractivity contribution is 9.10. The molecule has 2 atom stereocenters. The van der Waals surface area contributed by atoms with Crippen molar-refractivity contribution in [1.82, 2.24) is 5.32 Å². The van der Waals surface area contributed by atoms with Crippen LogP contribution in [0.1, 0.15) is 29.2 Å². The van der Waals surface area contributed by atoms with E-state index in [9.17, 15) is 4.79 Å². The largest absolute Gasteiger partial charge is 0.494 e. The third-order valence-corrected chi connectivity index (χ3v) is 6.87. The van der Waals surface area contributed by atoms with Gasteiger partial charge in [-0.1, -0.05) is 56.1 Å². The second kappa shape index (κ2) is 11.4. The molecule has 0 unspecified atom stereocenters. The topological polar surface area (TPSA) is 80.2 Å². The van der Waals surface area contributed by atoms with Gasteiger partial charge < -0.3 is 19.9 Å². The van der Waals surface area contributed by atoms with Crippen LogP contribution in [0.4, 0.5) is 0 Å². The number of carbonyl (C=O) groups is 1. The molecule has 0 spiro atoms. The summed E-state index contributed by atoms with van der Waals surface area (Å²) in [7, 11) is 1.62. The number of nitrogens with one attached hydrogen (secondary N) is 1. The van der Waals surface area contributed by atoms with Crippen molar-refractivity contribution >= 4 is 43.7 Å². The number of likely N-dealkylation sites (N-methyl/N-ethyl adjacent to an activating group) is 1. The summed E-state index contributed by atoms with van der Waals surface area (Å²) in [5, 5.41) is 11.8. The predicted molar refractivity (Wildman–Crippen MR) is 143 cm³/mol. The molecule has 0 saturated heterocycles. The Morgan fingerprint density at radius 3 is 2.26 bits per heavy atom. The number of amides is 1. The maximum absolute atomic E-state index is 13.5. The van der Waals surface area contributed by atoms with Gasteiger partial charge in [0, 0.05) is 41.0 Å². The number of hydrogen-bond acceptors (Lipinski definition) is 5. The van der Waals surface area contributed by atoms with Crippen LogP contribution in [0, 0.1) is 0 Å². The highest BCUT2D eigenvalue weighted by atomic mass is 79.9. The van der Waals surface area contributed by atoms with Crippen molar-refractivity contribution in [3.8, 4) is 5.75 Å². The lowest BCUT2D eigenvalue weighted by Crippen LogP contribution is -2.48. The second-order valence-corrected chi connectivity index (χ2v) is 10.1. The van der Waals surface area contributed by atoms with Crippen molar-refractivity contribution in [3.63, 3.8) is 0 Å². The van der Waals surface area contributed by atoms with E-state index in [0.29, 0.717) is 31.1 Å². The van der Waals surface area contributed by atoms with Gasteiger partial charge in [-0.2, -0.15) is 0 Å². The number of rotatable bonds is 9. The Bertz CT molecular complexity index is 1180. The van der Waals surface area contributed by atoms with E-state index in [4.69, 9.17) is 19.6 Å². The molecule has 0 aromatic heterocycles. The molecule has 6 nitrogen and oxygen atoms in total. The summed E-state index contributed by atoms with van der Waals surface area (Å²) >= 11 is 6.96. The van der Waals surface area contributed by atoms with Crippen LogP contribution in [0.2, 0.25) is 0 Å². The van der Waals surface area contributed by atoms with E-state index < -0.39 is 11.6 Å². The third kappa shape index (κ3) is 5.77. The Morgan fingerprint density at radius 2 is 1.66 bits per heavy atom. The fourth-order valence-corrected chi connectivity index (χ4v) is 4.58. The van der Waals surface area contributed by atoms with Crippen LogP contribution < -0.4 is 10.1 Å². The van der Waals surface area contributed by atoms with Crippen molar-refractivity contribution < 1.29 is 19.4 Å². The normalized spacial score (nSPS) is 19.1. The first-order chi connectivity index (χ1) is 16.9. The van der Waals surface area contributed by atoms with Gasteiger partial charge in [0.25, 0.3) is 5.91 Å². The molecule has 0 fully saturated rings. The number of aliphatic hydroxyl groups excluding tert-OH is 1. The number of benzene rings is 3. The van der Waals surface area contributed by atoms with E-state index in [1.807, 2.05) is 72.8 Å². The van der Waals surface area contributed by atoms with Gasteiger partial charge in [0.2, 0.25) is 5.90 Å². The first-order valence-corrected chi connectivity index (χ1v) is 12.9. The SMILES string of the molecule is CNC(=O)[C@]1(Cc2ccc(Br)cc2)N=C(c2ccc(OCCCO)cc2)O[C@@H]1c1ccc(Br)cc1. The molecule has 3 aromatic rings. The zero-order chi connectivity index (χ0) is 24.8. The van der Waals surface area contributed by atoms with Gasteiger partial charge in [0.1, 0.15) is 5.75 Å². The molecular formula is C27H26Br2N2O4. The summed E-state index contributed by atoms with van der Waals surface area (Å²) in [6.07, 6.45) is 0.318. The quantitative estimate of drug-likeness (QED) is 0.330. The average Bonchev–Trinajstić information content (AvgIpc) is 3.26. The molecule has 1 amide bonds. The van der Waals surface area contributed by atoms with Gasteiger partial charge in [-0.25, -0.2) is 4.99 Å². The molecule has 182 valence electrons. The smallest absolute Gasteiger partial charge is 0.252 e. The van der Waals surface area contributed by atoms with E-state index in [-0.39, 0.29) is 12.5 Å². The lowest BCUT2D eigenvalue weighted by atomic mass is 9.82. The van der Waals surface area contributed by atoms with Crippen LogP contribution in [-0.2, 0) is 16.0 Å². The van der Waals surface area contributed by atoms with Gasteiger partial charge in [-0.3, -0.25) is 4.79 Å². The summed E-state index contributed by atoms with van der Waals surface area (Å²) in [5.74, 6) is 0.880. The predicted octanol–water partition coefficient (Wildman–Crippen LogP) is 5.22. The van der Waals surface area contributed by atoms with E-state index >= 15 is 0 Å². The summed E-state index contributed by atoms with van der Waals surface area (Å²) in [5.41, 5.74) is 1.39. The van der Waals surface area contributed by atoms with Crippen LogP contribution >= 0.6 is 31.9 Å². The van der Waals surface area contributed by atoms with Crippen molar-refractivity contribution in [2.75, 3.05) is 20.3 Å². The summed E-state index contributed by atoms with van der Waals surface area (Å²) < 4.78 is 14.0. The Labute approximate surface area is 221 Å². The Kier molecular flexibility index (Phi) is 8.26. The van der Waals surface area contributed by atoms with Gasteiger partial charge in [0.15, 0.2) is 11.6 Å². The van der Waals surface area contributed by atoms with Crippen LogP contribution in [0.25, 0.3) is 0 Å². The molecule has 3 aromatic carbocycles. The lowest BCUT2D eigenvalue weighted by molar-refractivity contribution is -0.128. The Balaban J connectivity index is 1.74. The van der Waals surface area contributed by atoms with Gasteiger partial charge in [-0.15, -0.1) is 0 Å². The highest BCUT2D eigenvalue weighted by Gasteiger charge is 2.53. The number of halogens is 2. The molecule has 1 aliphatic heterocycles. The van der Waals surface area contributed by atoms with Crippen molar-refractivity contribution in [1.29, 1.82) is 0 Å². The van der Waals surface area contributed by atoms with E-state index in [0.717, 1.165) is 25.6 Å². The van der Waals surface area contributed by atoms with Gasteiger partial charge in [0.05, 0.1) is 6.61 Å². The first kappa shape index (κ1) is 25.4. The van der Waals surface area contributed by atoms with E-state index in [2.05, 4.69) is 37.2 Å². The summed E-state index contributed by atoms with van der Waals surface area (Å²) in [6, 6.07) is 23.1. The zero-order valence-corrected chi connectivity index (χ0v) is 22.4. The molecule has 1 heterocycles. The monoisotopic (exact) mass is 600 g/mol. The number of ether oxygens (including phenoxy) is 2. The number of aliphatic imine (C=N–C) groups is 1. The summed E-state index contributed by atoms with van der Waals surface area (Å²) in [4.78, 5) is 18.4. The molecule has 0 radical (unpaired) electrons. The molecule has 4 rings (SSSR count). The molecule has 1 aliphatic rings. The Hall–Kier alpha value is -2.68. The number of hydrogen-bond donors (Lipinski definition) is 2. The average molecular weight is 602 g/mol.